The average molecular weight is 358 g/mol. The molecule has 0 aliphatic rings. The molecule has 0 saturated carbocycles. The van der Waals surface area contributed by atoms with E-state index in [4.69, 9.17) is 4.74 Å². The number of nitrogens with one attached hydrogen (secondary N) is 1. The molecule has 3 rings (SSSR count). The molecule has 1 aromatic carbocycles. The van der Waals surface area contributed by atoms with Crippen LogP contribution < -0.4 is 5.32 Å². The number of hydrogen-bond acceptors (Lipinski definition) is 6. The molecule has 0 aliphatic carbocycles. The van der Waals surface area contributed by atoms with Crippen LogP contribution in [-0.2, 0) is 4.74 Å². The van der Waals surface area contributed by atoms with E-state index < -0.39 is 0 Å². The normalized spacial score (nSPS) is 11.0. The first kappa shape index (κ1) is 17.1. The molecular weight excluding hydrogens is 340 g/mol. The Bertz CT molecular complexity index is 929. The monoisotopic (exact) mass is 358 g/mol. The van der Waals surface area contributed by atoms with Crippen LogP contribution in [-0.4, -0.2) is 33.2 Å². The van der Waals surface area contributed by atoms with Crippen molar-refractivity contribution in [2.75, 3.05) is 11.9 Å². The summed E-state index contributed by atoms with van der Waals surface area (Å²) in [5.41, 5.74) is 1.51. The third kappa shape index (κ3) is 3.69. The Kier molecular flexibility index (Phi) is 4.80. The maximum atomic E-state index is 12.3. The average Bonchev–Trinajstić information content (AvgIpc) is 3.20. The number of amides is 1. The molecule has 0 spiro atoms. The molecule has 3 aromatic rings. The smallest absolute Gasteiger partial charge is 0.338 e. The number of ether oxygens (including phenoxy) is 1. The Morgan fingerprint density at radius 3 is 2.80 bits per heavy atom. The van der Waals surface area contributed by atoms with E-state index in [1.165, 1.54) is 11.3 Å². The number of anilines is 1. The summed E-state index contributed by atoms with van der Waals surface area (Å²) in [6.07, 6.45) is 1.77. The number of thiazole rings is 1. The lowest BCUT2D eigenvalue weighted by molar-refractivity contribution is 0.0526. The molecule has 0 aliphatic heterocycles. The summed E-state index contributed by atoms with van der Waals surface area (Å²) in [6.45, 7) is 6.06. The van der Waals surface area contributed by atoms with Gasteiger partial charge in [-0.1, -0.05) is 11.3 Å². The van der Waals surface area contributed by atoms with Gasteiger partial charge in [0, 0.05) is 12.2 Å². The van der Waals surface area contributed by atoms with E-state index in [-0.39, 0.29) is 17.9 Å². The molecule has 0 radical (unpaired) electrons. The van der Waals surface area contributed by atoms with Gasteiger partial charge in [0.2, 0.25) is 0 Å². The molecule has 1 N–H and O–H groups in total. The van der Waals surface area contributed by atoms with Crippen molar-refractivity contribution in [3.05, 3.63) is 41.7 Å². The highest BCUT2D eigenvalue weighted by molar-refractivity contribution is 7.22. The molecule has 1 amide bonds. The minimum atomic E-state index is -0.373. The van der Waals surface area contributed by atoms with Crippen LogP contribution in [0.2, 0.25) is 0 Å². The van der Waals surface area contributed by atoms with Crippen LogP contribution in [0.4, 0.5) is 5.13 Å². The number of fused-ring (bicyclic) bond motifs is 1. The van der Waals surface area contributed by atoms with Crippen LogP contribution in [0, 0.1) is 0 Å². The van der Waals surface area contributed by atoms with Gasteiger partial charge < -0.3 is 4.74 Å². The van der Waals surface area contributed by atoms with Gasteiger partial charge in [-0.3, -0.25) is 14.8 Å². The summed E-state index contributed by atoms with van der Waals surface area (Å²) in [7, 11) is 0. The second-order valence-electron chi connectivity index (χ2n) is 5.65. The number of esters is 1. The van der Waals surface area contributed by atoms with Crippen molar-refractivity contribution in [1.82, 2.24) is 14.8 Å². The molecule has 2 heterocycles. The van der Waals surface area contributed by atoms with Gasteiger partial charge in [0.15, 0.2) is 10.8 Å². The largest absolute Gasteiger partial charge is 0.462 e. The van der Waals surface area contributed by atoms with Gasteiger partial charge in [-0.2, -0.15) is 5.10 Å². The topological polar surface area (TPSA) is 86.1 Å². The minimum Gasteiger partial charge on any atom is -0.462 e. The predicted molar refractivity (Wildman–Crippen MR) is 96.1 cm³/mol. The Morgan fingerprint density at radius 2 is 2.12 bits per heavy atom. The first-order valence-electron chi connectivity index (χ1n) is 7.92. The van der Waals surface area contributed by atoms with Crippen LogP contribution in [0.25, 0.3) is 10.2 Å². The van der Waals surface area contributed by atoms with Crippen molar-refractivity contribution in [2.24, 2.45) is 0 Å². The maximum Gasteiger partial charge on any atom is 0.338 e. The highest BCUT2D eigenvalue weighted by Crippen LogP contribution is 2.27. The molecule has 0 saturated heterocycles. The molecule has 8 heteroatoms. The molecule has 2 aromatic heterocycles. The van der Waals surface area contributed by atoms with E-state index in [1.54, 1.807) is 42.1 Å². The SMILES string of the molecule is CCOC(=O)c1ccc2nc(NC(=O)c3ccn(C(C)C)n3)sc2c1. The fourth-order valence-corrected chi connectivity index (χ4v) is 3.13. The van der Waals surface area contributed by atoms with E-state index >= 15 is 0 Å². The second kappa shape index (κ2) is 7.02. The second-order valence-corrected chi connectivity index (χ2v) is 6.68. The Morgan fingerprint density at radius 1 is 1.32 bits per heavy atom. The summed E-state index contributed by atoms with van der Waals surface area (Å²) in [6, 6.07) is 6.97. The quantitative estimate of drug-likeness (QED) is 0.706. The van der Waals surface area contributed by atoms with Gasteiger partial charge >= 0.3 is 5.97 Å². The lowest BCUT2D eigenvalue weighted by Crippen LogP contribution is -2.13. The molecule has 0 unspecified atom stereocenters. The van der Waals surface area contributed by atoms with E-state index in [0.717, 1.165) is 4.70 Å². The number of carbonyl (C=O) groups excluding carboxylic acids is 2. The molecule has 0 atom stereocenters. The summed E-state index contributed by atoms with van der Waals surface area (Å²) < 4.78 is 7.51. The van der Waals surface area contributed by atoms with E-state index in [0.29, 0.717) is 28.5 Å². The molecule has 130 valence electrons. The lowest BCUT2D eigenvalue weighted by Gasteiger charge is -2.03. The zero-order valence-corrected chi connectivity index (χ0v) is 15.0. The van der Waals surface area contributed by atoms with Gasteiger partial charge in [0.1, 0.15) is 0 Å². The Balaban J connectivity index is 1.79. The first-order valence-corrected chi connectivity index (χ1v) is 8.73. The third-order valence-corrected chi connectivity index (χ3v) is 4.42. The Hall–Kier alpha value is -2.74. The molecule has 0 bridgehead atoms. The van der Waals surface area contributed by atoms with Crippen molar-refractivity contribution >= 4 is 38.6 Å². The lowest BCUT2D eigenvalue weighted by atomic mass is 10.2. The maximum absolute atomic E-state index is 12.3. The zero-order chi connectivity index (χ0) is 18.0. The summed E-state index contributed by atoms with van der Waals surface area (Å²) in [4.78, 5) is 28.5. The number of benzene rings is 1. The van der Waals surface area contributed by atoms with Crippen molar-refractivity contribution in [3.8, 4) is 0 Å². The number of nitrogens with zero attached hydrogens (tertiary/aromatic N) is 3. The third-order valence-electron chi connectivity index (χ3n) is 3.49. The van der Waals surface area contributed by atoms with Crippen molar-refractivity contribution in [3.63, 3.8) is 0 Å². The molecular formula is C17H18N4O3S. The standard InChI is InChI=1S/C17H18N4O3S/c1-4-24-16(23)11-5-6-12-14(9-11)25-17(18-12)19-15(22)13-7-8-21(20-13)10(2)3/h5-10H,4H2,1-3H3,(H,18,19,22). The summed E-state index contributed by atoms with van der Waals surface area (Å²) in [5, 5.41) is 7.45. The van der Waals surface area contributed by atoms with Gasteiger partial charge in [0.05, 0.1) is 22.4 Å². The van der Waals surface area contributed by atoms with Gasteiger partial charge in [0.25, 0.3) is 5.91 Å². The van der Waals surface area contributed by atoms with E-state index in [1.807, 2.05) is 13.8 Å². The minimum absolute atomic E-state index is 0.185. The number of aromatic nitrogens is 3. The van der Waals surface area contributed by atoms with Crippen LogP contribution in [0.15, 0.2) is 30.5 Å². The van der Waals surface area contributed by atoms with Crippen LogP contribution in [0.1, 0.15) is 47.7 Å². The molecule has 0 fully saturated rings. The molecule has 25 heavy (non-hydrogen) atoms. The number of hydrogen-bond donors (Lipinski definition) is 1. The van der Waals surface area contributed by atoms with E-state index in [2.05, 4.69) is 15.4 Å². The highest BCUT2D eigenvalue weighted by atomic mass is 32.1. The van der Waals surface area contributed by atoms with Gasteiger partial charge in [-0.25, -0.2) is 9.78 Å². The van der Waals surface area contributed by atoms with Crippen molar-refractivity contribution in [1.29, 1.82) is 0 Å². The van der Waals surface area contributed by atoms with Crippen LogP contribution in [0.3, 0.4) is 0 Å². The number of carbonyl (C=O) groups is 2. The van der Waals surface area contributed by atoms with Gasteiger partial charge in [-0.05, 0) is 45.0 Å². The number of rotatable bonds is 5. The van der Waals surface area contributed by atoms with E-state index in [9.17, 15) is 9.59 Å². The van der Waals surface area contributed by atoms with Gasteiger partial charge in [-0.15, -0.1) is 0 Å². The van der Waals surface area contributed by atoms with Crippen molar-refractivity contribution in [2.45, 2.75) is 26.8 Å². The first-order chi connectivity index (χ1) is 12.0. The molecule has 7 nitrogen and oxygen atoms in total. The summed E-state index contributed by atoms with van der Waals surface area (Å²) in [5.74, 6) is -0.688. The predicted octanol–water partition coefficient (Wildman–Crippen LogP) is 3.50. The fourth-order valence-electron chi connectivity index (χ4n) is 2.23. The zero-order valence-electron chi connectivity index (χ0n) is 14.1. The van der Waals surface area contributed by atoms with Crippen LogP contribution >= 0.6 is 11.3 Å². The fraction of sp³-hybridized carbons (Fsp3) is 0.294. The highest BCUT2D eigenvalue weighted by Gasteiger charge is 2.15. The summed E-state index contributed by atoms with van der Waals surface area (Å²) >= 11 is 1.30. The van der Waals surface area contributed by atoms with Crippen LogP contribution in [0.5, 0.6) is 0 Å². The van der Waals surface area contributed by atoms with Crippen molar-refractivity contribution < 1.29 is 14.3 Å². The Labute approximate surface area is 148 Å².